The van der Waals surface area contributed by atoms with Crippen molar-refractivity contribution in [1.29, 1.82) is 0 Å². The smallest absolute Gasteiger partial charge is 0.417 e. The summed E-state index contributed by atoms with van der Waals surface area (Å²) in [6.07, 6.45) is 1.88. The summed E-state index contributed by atoms with van der Waals surface area (Å²) >= 11 is 0. The molecule has 0 atom stereocenters. The number of fused-ring (bicyclic) bond motifs is 2. The van der Waals surface area contributed by atoms with Gasteiger partial charge in [0.25, 0.3) is 0 Å². The normalized spacial score (nSPS) is 12.1. The van der Waals surface area contributed by atoms with Crippen LogP contribution in [0.25, 0.3) is 22.0 Å². The molecule has 0 amide bonds. The number of ether oxygens (including phenoxy) is 1. The van der Waals surface area contributed by atoms with Crippen LogP contribution in [0.1, 0.15) is 5.56 Å². The first-order valence-electron chi connectivity index (χ1n) is 8.12. The van der Waals surface area contributed by atoms with Gasteiger partial charge in [-0.1, -0.05) is 0 Å². The van der Waals surface area contributed by atoms with Crippen LogP contribution in [0.3, 0.4) is 0 Å². The number of hydrogen-bond donors (Lipinski definition) is 2. The molecule has 140 valence electrons. The average Bonchev–Trinajstić information content (AvgIpc) is 3.18. The molecule has 0 aliphatic heterocycles. The minimum Gasteiger partial charge on any atom is -0.497 e. The average molecular weight is 387 g/mol. The monoisotopic (exact) mass is 387 g/mol. The Morgan fingerprint density at radius 3 is 2.81 bits per heavy atom. The summed E-state index contributed by atoms with van der Waals surface area (Å²) in [5, 5.41) is 0.909. The Bertz CT molecular complexity index is 1310. The number of methoxy groups -OCH3 is 1. The molecular formula is C18H17N3O5S. The standard InChI is InChI=1S/C18H17N3O5S/c1-21-10-11(14-7-12(25-2)3-6-16(14)21)9-19-27(23,24)13-4-5-15-17(8-13)26-18(22)20-15/h3-8,10,19H,9H2,1-2H3,(H,20,22). The second-order valence-corrected chi connectivity index (χ2v) is 7.91. The van der Waals surface area contributed by atoms with Gasteiger partial charge in [0, 0.05) is 36.8 Å². The lowest BCUT2D eigenvalue weighted by Crippen LogP contribution is -2.23. The lowest BCUT2D eigenvalue weighted by molar-refractivity contribution is 0.415. The van der Waals surface area contributed by atoms with Crippen LogP contribution in [-0.2, 0) is 23.6 Å². The minimum absolute atomic E-state index is 0.0237. The molecule has 0 radical (unpaired) electrons. The van der Waals surface area contributed by atoms with Crippen molar-refractivity contribution in [3.05, 3.63) is 58.7 Å². The van der Waals surface area contributed by atoms with Crippen molar-refractivity contribution in [3.63, 3.8) is 0 Å². The molecule has 2 aromatic carbocycles. The number of oxazole rings is 1. The number of hydrogen-bond acceptors (Lipinski definition) is 5. The van der Waals surface area contributed by atoms with E-state index in [1.165, 1.54) is 18.2 Å². The number of benzene rings is 2. The Labute approximate surface area is 154 Å². The Kier molecular flexibility index (Phi) is 4.05. The number of sulfonamides is 1. The van der Waals surface area contributed by atoms with E-state index in [4.69, 9.17) is 9.15 Å². The number of aromatic nitrogens is 2. The minimum atomic E-state index is -3.78. The van der Waals surface area contributed by atoms with Crippen LogP contribution in [0.5, 0.6) is 5.75 Å². The van der Waals surface area contributed by atoms with Gasteiger partial charge in [-0.15, -0.1) is 0 Å². The molecule has 0 bridgehead atoms. The molecule has 9 heteroatoms. The summed E-state index contributed by atoms with van der Waals surface area (Å²) in [6.45, 7) is 0.113. The van der Waals surface area contributed by atoms with Crippen LogP contribution in [-0.4, -0.2) is 25.1 Å². The lowest BCUT2D eigenvalue weighted by Gasteiger charge is -2.06. The summed E-state index contributed by atoms with van der Waals surface area (Å²) in [4.78, 5) is 13.7. The zero-order valence-electron chi connectivity index (χ0n) is 14.6. The van der Waals surface area contributed by atoms with Crippen LogP contribution in [0.2, 0.25) is 0 Å². The van der Waals surface area contributed by atoms with Crippen molar-refractivity contribution < 1.29 is 17.6 Å². The van der Waals surface area contributed by atoms with Gasteiger partial charge in [0.05, 0.1) is 17.5 Å². The topological polar surface area (TPSA) is 106 Å². The summed E-state index contributed by atoms with van der Waals surface area (Å²) in [5.41, 5.74) is 2.43. The van der Waals surface area contributed by atoms with Gasteiger partial charge in [-0.25, -0.2) is 17.9 Å². The quantitative estimate of drug-likeness (QED) is 0.545. The molecule has 0 saturated carbocycles. The Balaban J connectivity index is 1.65. The molecule has 0 spiro atoms. The predicted octanol–water partition coefficient (Wildman–Crippen LogP) is 2.10. The molecule has 2 heterocycles. The first kappa shape index (κ1) is 17.4. The number of nitrogens with one attached hydrogen (secondary N) is 2. The third-order valence-corrected chi connectivity index (χ3v) is 5.83. The van der Waals surface area contributed by atoms with Gasteiger partial charge in [0.2, 0.25) is 10.0 Å². The molecule has 0 unspecified atom stereocenters. The third-order valence-electron chi connectivity index (χ3n) is 4.43. The van der Waals surface area contributed by atoms with Gasteiger partial charge in [-0.2, -0.15) is 0 Å². The summed E-state index contributed by atoms with van der Waals surface area (Å²) < 4.78 is 40.0. The van der Waals surface area contributed by atoms with Gasteiger partial charge in [-0.05, 0) is 35.9 Å². The van der Waals surface area contributed by atoms with Gasteiger partial charge >= 0.3 is 5.76 Å². The summed E-state index contributed by atoms with van der Waals surface area (Å²) in [6, 6.07) is 9.89. The largest absolute Gasteiger partial charge is 0.497 e. The zero-order valence-corrected chi connectivity index (χ0v) is 15.5. The first-order chi connectivity index (χ1) is 12.9. The van der Waals surface area contributed by atoms with Gasteiger partial charge in [0.15, 0.2) is 5.58 Å². The molecule has 0 saturated heterocycles. The van der Waals surface area contributed by atoms with Crippen molar-refractivity contribution in [2.24, 2.45) is 7.05 Å². The van der Waals surface area contributed by atoms with E-state index in [2.05, 4.69) is 9.71 Å². The molecule has 0 fully saturated rings. The highest BCUT2D eigenvalue weighted by atomic mass is 32.2. The third kappa shape index (κ3) is 3.11. The predicted molar refractivity (Wildman–Crippen MR) is 100 cm³/mol. The van der Waals surface area contributed by atoms with E-state index in [1.54, 1.807) is 7.11 Å². The fourth-order valence-electron chi connectivity index (χ4n) is 3.07. The highest BCUT2D eigenvalue weighted by molar-refractivity contribution is 7.89. The van der Waals surface area contributed by atoms with Crippen LogP contribution in [0.15, 0.2) is 56.7 Å². The van der Waals surface area contributed by atoms with E-state index in [9.17, 15) is 13.2 Å². The van der Waals surface area contributed by atoms with E-state index in [0.717, 1.165) is 16.5 Å². The highest BCUT2D eigenvalue weighted by Crippen LogP contribution is 2.26. The number of aryl methyl sites for hydroxylation is 1. The molecule has 2 N–H and O–H groups in total. The van der Waals surface area contributed by atoms with Gasteiger partial charge in [0.1, 0.15) is 5.75 Å². The van der Waals surface area contributed by atoms with Crippen LogP contribution in [0, 0.1) is 0 Å². The molecular weight excluding hydrogens is 370 g/mol. The lowest BCUT2D eigenvalue weighted by atomic mass is 10.1. The summed E-state index contributed by atoms with van der Waals surface area (Å²) in [5.74, 6) is 0.0722. The Hall–Kier alpha value is -3.04. The number of rotatable bonds is 5. The number of nitrogens with zero attached hydrogens (tertiary/aromatic N) is 1. The van der Waals surface area contributed by atoms with E-state index in [1.807, 2.05) is 36.0 Å². The molecule has 0 aliphatic rings. The molecule has 2 aromatic heterocycles. The summed E-state index contributed by atoms with van der Waals surface area (Å²) in [7, 11) is -0.299. The second-order valence-electron chi connectivity index (χ2n) is 6.15. The first-order valence-corrected chi connectivity index (χ1v) is 9.60. The van der Waals surface area contributed by atoms with Crippen molar-refractivity contribution in [2.45, 2.75) is 11.4 Å². The second kappa shape index (κ2) is 6.29. The van der Waals surface area contributed by atoms with E-state index in [0.29, 0.717) is 11.3 Å². The molecule has 4 aromatic rings. The van der Waals surface area contributed by atoms with Crippen LogP contribution < -0.4 is 15.2 Å². The molecule has 4 rings (SSSR count). The maximum Gasteiger partial charge on any atom is 0.417 e. The molecule has 0 aliphatic carbocycles. The van der Waals surface area contributed by atoms with E-state index < -0.39 is 15.8 Å². The van der Waals surface area contributed by atoms with Crippen molar-refractivity contribution in [2.75, 3.05) is 7.11 Å². The molecule has 27 heavy (non-hydrogen) atoms. The highest BCUT2D eigenvalue weighted by Gasteiger charge is 2.17. The maximum atomic E-state index is 12.6. The maximum absolute atomic E-state index is 12.6. The Morgan fingerprint density at radius 2 is 2.04 bits per heavy atom. The van der Waals surface area contributed by atoms with Gasteiger partial charge in [-0.3, -0.25) is 4.98 Å². The van der Waals surface area contributed by atoms with Crippen LogP contribution >= 0.6 is 0 Å². The van der Waals surface area contributed by atoms with Gasteiger partial charge < -0.3 is 13.7 Å². The number of aromatic amines is 1. The van der Waals surface area contributed by atoms with E-state index in [-0.39, 0.29) is 17.0 Å². The molecule has 8 nitrogen and oxygen atoms in total. The fourth-order valence-corrected chi connectivity index (χ4v) is 4.09. The van der Waals surface area contributed by atoms with Crippen molar-refractivity contribution in [1.82, 2.24) is 14.3 Å². The van der Waals surface area contributed by atoms with Crippen molar-refractivity contribution in [3.8, 4) is 5.75 Å². The zero-order chi connectivity index (χ0) is 19.2. The van der Waals surface area contributed by atoms with Crippen LogP contribution in [0.4, 0.5) is 0 Å². The number of H-pyrrole nitrogens is 1. The van der Waals surface area contributed by atoms with Crippen molar-refractivity contribution >= 4 is 32.0 Å². The fraction of sp³-hybridized carbons (Fsp3) is 0.167. The SMILES string of the molecule is COc1ccc2c(c1)c(CNS(=O)(=O)c1ccc3[nH]c(=O)oc3c1)cn2C. The Morgan fingerprint density at radius 1 is 1.22 bits per heavy atom. The van der Waals surface area contributed by atoms with E-state index >= 15 is 0 Å².